The van der Waals surface area contributed by atoms with Gasteiger partial charge in [0.25, 0.3) is 0 Å². The summed E-state index contributed by atoms with van der Waals surface area (Å²) >= 11 is 0. The smallest absolute Gasteiger partial charge is 0.242 e. The van der Waals surface area contributed by atoms with E-state index >= 15 is 0 Å². The molecule has 0 aromatic heterocycles. The highest BCUT2D eigenvalue weighted by atomic mass is 28.4. The fourth-order valence-electron chi connectivity index (χ4n) is 1.93. The molecule has 3 nitrogen and oxygen atoms in total. The quantitative estimate of drug-likeness (QED) is 0.518. The standard InChI is InChI=1S/C18H34O3Si3/c1-22(2,3)19-14-10-11-16-12-13-17(20-23(4,5)6)18(15-16)21-24(7,8)9/h10-13,15H,14H2,1-9H3/b11-10+. The van der Waals surface area contributed by atoms with Crippen molar-refractivity contribution in [2.75, 3.05) is 6.61 Å². The van der Waals surface area contributed by atoms with Crippen molar-refractivity contribution in [3.63, 3.8) is 0 Å². The molecule has 0 heterocycles. The predicted octanol–water partition coefficient (Wildman–Crippen LogP) is 5.98. The van der Waals surface area contributed by atoms with Crippen molar-refractivity contribution in [2.24, 2.45) is 0 Å². The van der Waals surface area contributed by atoms with Gasteiger partial charge in [-0.1, -0.05) is 18.2 Å². The minimum absolute atomic E-state index is 0.660. The second-order valence-corrected chi connectivity index (χ2v) is 22.3. The minimum Gasteiger partial charge on any atom is -0.542 e. The van der Waals surface area contributed by atoms with Crippen molar-refractivity contribution >= 4 is 31.0 Å². The van der Waals surface area contributed by atoms with Gasteiger partial charge in [-0.15, -0.1) is 0 Å². The van der Waals surface area contributed by atoms with Crippen LogP contribution < -0.4 is 8.85 Å². The molecule has 0 radical (unpaired) electrons. The zero-order valence-electron chi connectivity index (χ0n) is 16.8. The maximum absolute atomic E-state index is 6.26. The maximum Gasteiger partial charge on any atom is 0.242 e. The SMILES string of the molecule is C[Si](C)(C)OC/C=C/c1ccc(O[Si](C)(C)C)c(O[Si](C)(C)C)c1. The van der Waals surface area contributed by atoms with Crippen LogP contribution in [0.5, 0.6) is 11.5 Å². The lowest BCUT2D eigenvalue weighted by molar-refractivity contribution is 0.358. The molecule has 0 aliphatic carbocycles. The van der Waals surface area contributed by atoms with Gasteiger partial charge < -0.3 is 13.3 Å². The number of hydrogen-bond acceptors (Lipinski definition) is 3. The summed E-state index contributed by atoms with van der Waals surface area (Å²) in [6.45, 7) is 20.4. The first kappa shape index (κ1) is 21.2. The van der Waals surface area contributed by atoms with Crippen molar-refractivity contribution in [1.82, 2.24) is 0 Å². The van der Waals surface area contributed by atoms with Crippen LogP contribution in [0.3, 0.4) is 0 Å². The molecule has 0 aliphatic rings. The molecule has 0 spiro atoms. The molecule has 136 valence electrons. The van der Waals surface area contributed by atoms with Gasteiger partial charge in [-0.05, 0) is 76.6 Å². The second-order valence-electron chi connectivity index (χ2n) is 8.96. The van der Waals surface area contributed by atoms with Crippen LogP contribution in [-0.4, -0.2) is 31.6 Å². The van der Waals surface area contributed by atoms with E-state index in [9.17, 15) is 0 Å². The van der Waals surface area contributed by atoms with Crippen LogP contribution in [0.25, 0.3) is 6.08 Å². The predicted molar refractivity (Wildman–Crippen MR) is 113 cm³/mol. The molecule has 24 heavy (non-hydrogen) atoms. The Labute approximate surface area is 151 Å². The molecular weight excluding hydrogens is 348 g/mol. The normalized spacial score (nSPS) is 13.4. The Morgan fingerprint density at radius 1 is 0.750 bits per heavy atom. The number of hydrogen-bond donors (Lipinski definition) is 0. The molecule has 1 aromatic carbocycles. The van der Waals surface area contributed by atoms with Gasteiger partial charge in [-0.2, -0.15) is 0 Å². The Bertz CT molecular complexity index is 564. The fourth-order valence-corrected chi connectivity index (χ4v) is 4.18. The topological polar surface area (TPSA) is 27.7 Å². The van der Waals surface area contributed by atoms with Crippen molar-refractivity contribution in [1.29, 1.82) is 0 Å². The van der Waals surface area contributed by atoms with Gasteiger partial charge >= 0.3 is 0 Å². The summed E-state index contributed by atoms with van der Waals surface area (Å²) < 4.78 is 18.3. The van der Waals surface area contributed by atoms with Gasteiger partial charge in [0.15, 0.2) is 8.32 Å². The first-order chi connectivity index (χ1) is 10.8. The van der Waals surface area contributed by atoms with Crippen LogP contribution in [0, 0.1) is 0 Å². The van der Waals surface area contributed by atoms with E-state index in [0.717, 1.165) is 17.1 Å². The molecule has 0 amide bonds. The third-order valence-corrected chi connectivity index (χ3v) is 5.42. The molecule has 0 N–H and O–H groups in total. The Balaban J connectivity index is 2.96. The minimum atomic E-state index is -1.70. The summed E-state index contributed by atoms with van der Waals surface area (Å²) in [7, 11) is -4.83. The van der Waals surface area contributed by atoms with Gasteiger partial charge in [-0.3, -0.25) is 0 Å². The van der Waals surface area contributed by atoms with Crippen molar-refractivity contribution in [3.05, 3.63) is 29.8 Å². The summed E-state index contributed by atoms with van der Waals surface area (Å²) in [5.41, 5.74) is 1.12. The molecule has 6 heteroatoms. The molecule has 0 bridgehead atoms. The van der Waals surface area contributed by atoms with E-state index in [4.69, 9.17) is 13.3 Å². The third kappa shape index (κ3) is 9.46. The van der Waals surface area contributed by atoms with Gasteiger partial charge in [0, 0.05) is 0 Å². The van der Waals surface area contributed by atoms with Crippen LogP contribution >= 0.6 is 0 Å². The summed E-state index contributed by atoms with van der Waals surface area (Å²) in [6.07, 6.45) is 4.17. The first-order valence-electron chi connectivity index (χ1n) is 8.58. The van der Waals surface area contributed by atoms with Crippen molar-refractivity contribution in [3.8, 4) is 11.5 Å². The van der Waals surface area contributed by atoms with Crippen molar-refractivity contribution < 1.29 is 13.3 Å². The number of benzene rings is 1. The van der Waals surface area contributed by atoms with Crippen LogP contribution in [0.4, 0.5) is 0 Å². The van der Waals surface area contributed by atoms with Gasteiger partial charge in [-0.25, -0.2) is 0 Å². The molecule has 0 aliphatic heterocycles. The zero-order chi connectivity index (χ0) is 18.6. The van der Waals surface area contributed by atoms with E-state index in [2.05, 4.69) is 83.2 Å². The molecule has 0 atom stereocenters. The lowest BCUT2D eigenvalue weighted by atomic mass is 10.2. The monoisotopic (exact) mass is 382 g/mol. The zero-order valence-corrected chi connectivity index (χ0v) is 19.8. The lowest BCUT2D eigenvalue weighted by Crippen LogP contribution is -2.32. The highest BCUT2D eigenvalue weighted by molar-refractivity contribution is 6.71. The fraction of sp³-hybridized carbons (Fsp3) is 0.556. The second kappa shape index (κ2) is 8.03. The Kier molecular flexibility index (Phi) is 7.10. The van der Waals surface area contributed by atoms with Gasteiger partial charge in [0.05, 0.1) is 6.61 Å². The molecule has 0 unspecified atom stereocenters. The Morgan fingerprint density at radius 3 is 1.79 bits per heavy atom. The van der Waals surface area contributed by atoms with E-state index in [0.29, 0.717) is 6.61 Å². The van der Waals surface area contributed by atoms with Gasteiger partial charge in [0.1, 0.15) is 11.5 Å². The molecule has 0 fully saturated rings. The average Bonchev–Trinajstić information content (AvgIpc) is 2.33. The molecule has 0 saturated carbocycles. The van der Waals surface area contributed by atoms with Crippen LogP contribution in [0.1, 0.15) is 5.56 Å². The van der Waals surface area contributed by atoms with E-state index in [-0.39, 0.29) is 0 Å². The lowest BCUT2D eigenvalue weighted by Gasteiger charge is -2.26. The van der Waals surface area contributed by atoms with Gasteiger partial charge in [0.2, 0.25) is 16.6 Å². The van der Waals surface area contributed by atoms with E-state index in [1.54, 1.807) is 0 Å². The molecular formula is C18H34O3Si3. The van der Waals surface area contributed by atoms with Crippen LogP contribution in [0.2, 0.25) is 58.9 Å². The maximum atomic E-state index is 6.26. The Hall–Kier alpha value is -0.829. The molecule has 1 rings (SSSR count). The average molecular weight is 383 g/mol. The third-order valence-electron chi connectivity index (χ3n) is 2.72. The van der Waals surface area contributed by atoms with Crippen LogP contribution in [0.15, 0.2) is 24.3 Å². The summed E-state index contributed by atoms with van der Waals surface area (Å²) in [6, 6.07) is 6.20. The summed E-state index contributed by atoms with van der Waals surface area (Å²) in [5.74, 6) is 1.73. The van der Waals surface area contributed by atoms with E-state index in [1.165, 1.54) is 0 Å². The Morgan fingerprint density at radius 2 is 1.29 bits per heavy atom. The highest BCUT2D eigenvalue weighted by Gasteiger charge is 2.23. The largest absolute Gasteiger partial charge is 0.542 e. The highest BCUT2D eigenvalue weighted by Crippen LogP contribution is 2.33. The van der Waals surface area contributed by atoms with E-state index < -0.39 is 25.0 Å². The van der Waals surface area contributed by atoms with E-state index in [1.807, 2.05) is 6.07 Å². The van der Waals surface area contributed by atoms with Crippen molar-refractivity contribution in [2.45, 2.75) is 58.9 Å². The molecule has 1 aromatic rings. The van der Waals surface area contributed by atoms with Crippen LogP contribution in [-0.2, 0) is 4.43 Å². The summed E-state index contributed by atoms with van der Waals surface area (Å²) in [5, 5.41) is 0. The first-order valence-corrected chi connectivity index (χ1v) is 18.8. The number of rotatable bonds is 8. The molecule has 0 saturated heterocycles. The summed E-state index contributed by atoms with van der Waals surface area (Å²) in [4.78, 5) is 0.